The number of halogens is 4. The molecule has 1 heterocycles. The summed E-state index contributed by atoms with van der Waals surface area (Å²) in [5.41, 5.74) is 1.95. The minimum absolute atomic E-state index is 0.0746. The van der Waals surface area contributed by atoms with Crippen LogP contribution in [0.25, 0.3) is 0 Å². The smallest absolute Gasteiger partial charge is 0.389 e. The van der Waals surface area contributed by atoms with Gasteiger partial charge in [-0.15, -0.1) is 11.3 Å². The number of carboxylic acid groups (broad SMARTS) is 1. The lowest BCUT2D eigenvalue weighted by atomic mass is 10.1. The summed E-state index contributed by atoms with van der Waals surface area (Å²) < 4.78 is 44.8. The molecule has 1 N–H and O–H groups in total. The lowest BCUT2D eigenvalue weighted by Gasteiger charge is -2.20. The van der Waals surface area contributed by atoms with Gasteiger partial charge in [-0.25, -0.2) is 4.79 Å². The highest BCUT2D eigenvalue weighted by Gasteiger charge is 2.30. The minimum Gasteiger partial charge on any atom is -0.485 e. The van der Waals surface area contributed by atoms with Crippen LogP contribution in [0.2, 0.25) is 0 Å². The van der Waals surface area contributed by atoms with Crippen LogP contribution in [0.4, 0.5) is 13.2 Å². The van der Waals surface area contributed by atoms with Gasteiger partial charge in [-0.05, 0) is 78.3 Å². The second kappa shape index (κ2) is 7.94. The first kappa shape index (κ1) is 20.0. The highest BCUT2D eigenvalue weighted by atomic mass is 127. The van der Waals surface area contributed by atoms with Gasteiger partial charge in [0, 0.05) is 14.9 Å². The number of alkyl halides is 3. The zero-order valence-electron chi connectivity index (χ0n) is 13.5. The minimum atomic E-state index is -4.30. The van der Waals surface area contributed by atoms with E-state index in [0.717, 1.165) is 26.0 Å². The van der Waals surface area contributed by atoms with Crippen molar-refractivity contribution in [3.63, 3.8) is 0 Å². The van der Waals surface area contributed by atoms with Gasteiger partial charge in [0.25, 0.3) is 0 Å². The molecule has 0 unspecified atom stereocenters. The van der Waals surface area contributed by atoms with Gasteiger partial charge in [-0.2, -0.15) is 13.2 Å². The molecule has 0 amide bonds. The number of hydrogen-bond acceptors (Lipinski definition) is 3. The Kier molecular flexibility index (Phi) is 6.36. The zero-order chi connectivity index (χ0) is 18.8. The number of thiophene rings is 1. The van der Waals surface area contributed by atoms with E-state index >= 15 is 0 Å². The quantitative estimate of drug-likeness (QED) is 0.502. The predicted molar refractivity (Wildman–Crippen MR) is 98.6 cm³/mol. The van der Waals surface area contributed by atoms with Gasteiger partial charge >= 0.3 is 12.1 Å². The third kappa shape index (κ3) is 5.60. The summed E-state index contributed by atoms with van der Waals surface area (Å²) in [5.74, 6) is -0.625. The lowest BCUT2D eigenvalue weighted by Crippen LogP contribution is -2.13. The van der Waals surface area contributed by atoms with Crippen LogP contribution in [0.1, 0.15) is 44.6 Å². The third-order valence-corrected chi connectivity index (χ3v) is 6.40. The van der Waals surface area contributed by atoms with Crippen molar-refractivity contribution in [2.45, 2.75) is 39.0 Å². The normalized spacial score (nSPS) is 12.9. The van der Waals surface area contributed by atoms with Gasteiger partial charge in [0.05, 0.1) is 0 Å². The van der Waals surface area contributed by atoms with Crippen LogP contribution in [0.5, 0.6) is 5.75 Å². The van der Waals surface area contributed by atoms with Crippen LogP contribution in [0, 0.1) is 17.4 Å². The average Bonchev–Trinajstić information content (AvgIpc) is 2.98. The zero-order valence-corrected chi connectivity index (χ0v) is 16.5. The van der Waals surface area contributed by atoms with Crippen molar-refractivity contribution in [1.29, 1.82) is 0 Å². The summed E-state index contributed by atoms with van der Waals surface area (Å²) in [6, 6.07) is 6.46. The van der Waals surface area contributed by atoms with Crippen LogP contribution in [-0.4, -0.2) is 17.3 Å². The third-order valence-electron chi connectivity index (χ3n) is 3.53. The Hall–Kier alpha value is -1.29. The molecule has 0 spiro atoms. The maximum absolute atomic E-state index is 12.6. The molecule has 0 aliphatic heterocycles. The van der Waals surface area contributed by atoms with Gasteiger partial charge in [-0.1, -0.05) is 0 Å². The number of ether oxygens (including phenoxy) is 1. The topological polar surface area (TPSA) is 46.5 Å². The Morgan fingerprint density at radius 3 is 2.36 bits per heavy atom. The molecule has 1 aromatic heterocycles. The standard InChI is InChI=1S/C17H16F3IO3S/c1-9-7-11(8-10(2)15(9)21)24-12(5-6-17(18,19)20)13-3-4-14(25-13)16(22)23/h3-4,7-8,12H,5-6H2,1-2H3,(H,22,23)/t12-/m1/s1. The Bertz CT molecular complexity index is 748. The van der Waals surface area contributed by atoms with Crippen molar-refractivity contribution < 1.29 is 27.8 Å². The monoisotopic (exact) mass is 484 g/mol. The molecule has 25 heavy (non-hydrogen) atoms. The fourth-order valence-electron chi connectivity index (χ4n) is 2.33. The Labute approximate surface area is 161 Å². The largest absolute Gasteiger partial charge is 0.485 e. The van der Waals surface area contributed by atoms with Crippen LogP contribution < -0.4 is 4.74 Å². The van der Waals surface area contributed by atoms with Gasteiger partial charge in [0.2, 0.25) is 0 Å². The molecule has 0 aliphatic rings. The Morgan fingerprint density at radius 1 is 1.28 bits per heavy atom. The van der Waals surface area contributed by atoms with E-state index in [1.807, 2.05) is 13.8 Å². The molecule has 0 radical (unpaired) electrons. The summed E-state index contributed by atoms with van der Waals surface area (Å²) in [6.07, 6.45) is -6.42. The van der Waals surface area contributed by atoms with Crippen LogP contribution in [0.15, 0.2) is 24.3 Å². The summed E-state index contributed by atoms with van der Waals surface area (Å²) in [7, 11) is 0. The second-order valence-corrected chi connectivity index (χ2v) is 7.83. The van der Waals surface area contributed by atoms with Crippen LogP contribution >= 0.6 is 33.9 Å². The van der Waals surface area contributed by atoms with Gasteiger partial charge in [0.1, 0.15) is 16.7 Å². The van der Waals surface area contributed by atoms with E-state index in [0.29, 0.717) is 10.6 Å². The average molecular weight is 484 g/mol. The molecule has 8 heteroatoms. The molecule has 3 nitrogen and oxygen atoms in total. The molecule has 136 valence electrons. The van der Waals surface area contributed by atoms with Crippen molar-refractivity contribution in [1.82, 2.24) is 0 Å². The Morgan fingerprint density at radius 2 is 1.88 bits per heavy atom. The summed E-state index contributed by atoms with van der Waals surface area (Å²) >= 11 is 3.14. The molecule has 2 aromatic rings. The first-order valence-electron chi connectivity index (χ1n) is 7.40. The van der Waals surface area contributed by atoms with Gasteiger partial charge < -0.3 is 9.84 Å². The number of aryl methyl sites for hydroxylation is 2. The fourth-order valence-corrected chi connectivity index (χ4v) is 3.56. The molecule has 0 saturated heterocycles. The van der Waals surface area contributed by atoms with E-state index in [9.17, 15) is 18.0 Å². The molecule has 0 aliphatic carbocycles. The fraction of sp³-hybridized carbons (Fsp3) is 0.353. The lowest BCUT2D eigenvalue weighted by molar-refractivity contribution is -0.139. The van der Waals surface area contributed by atoms with Gasteiger partial charge in [0.15, 0.2) is 0 Å². The van der Waals surface area contributed by atoms with E-state index in [1.54, 1.807) is 12.1 Å². The first-order chi connectivity index (χ1) is 11.6. The van der Waals surface area contributed by atoms with E-state index in [1.165, 1.54) is 12.1 Å². The maximum atomic E-state index is 12.6. The van der Waals surface area contributed by atoms with Crippen LogP contribution in [0.3, 0.4) is 0 Å². The van der Waals surface area contributed by atoms with Crippen molar-refractivity contribution in [3.8, 4) is 5.75 Å². The van der Waals surface area contributed by atoms with E-state index < -0.39 is 24.7 Å². The summed E-state index contributed by atoms with van der Waals surface area (Å²) in [4.78, 5) is 11.6. The molecular formula is C17H16F3IO3S. The molecule has 2 rings (SSSR count). The molecule has 0 saturated carbocycles. The number of carboxylic acids is 1. The van der Waals surface area contributed by atoms with Crippen molar-refractivity contribution in [2.24, 2.45) is 0 Å². The number of carbonyl (C=O) groups is 1. The van der Waals surface area contributed by atoms with Crippen molar-refractivity contribution in [2.75, 3.05) is 0 Å². The molecule has 1 aromatic carbocycles. The number of rotatable bonds is 6. The van der Waals surface area contributed by atoms with E-state index in [4.69, 9.17) is 9.84 Å². The van der Waals surface area contributed by atoms with E-state index in [-0.39, 0.29) is 11.3 Å². The highest BCUT2D eigenvalue weighted by molar-refractivity contribution is 14.1. The highest BCUT2D eigenvalue weighted by Crippen LogP contribution is 2.35. The van der Waals surface area contributed by atoms with E-state index in [2.05, 4.69) is 22.6 Å². The van der Waals surface area contributed by atoms with Gasteiger partial charge in [-0.3, -0.25) is 0 Å². The van der Waals surface area contributed by atoms with Crippen LogP contribution in [-0.2, 0) is 0 Å². The summed E-state index contributed by atoms with van der Waals surface area (Å²) in [6.45, 7) is 3.81. The maximum Gasteiger partial charge on any atom is 0.389 e. The molecule has 0 fully saturated rings. The molecule has 1 atom stereocenters. The SMILES string of the molecule is Cc1cc(O[C@H](CCC(F)(F)F)c2ccc(C(=O)O)s2)cc(C)c1I. The first-order valence-corrected chi connectivity index (χ1v) is 9.29. The number of benzene rings is 1. The molecular weight excluding hydrogens is 468 g/mol. The summed E-state index contributed by atoms with van der Waals surface area (Å²) in [5, 5.41) is 9.02. The number of aromatic carboxylic acids is 1. The number of hydrogen-bond donors (Lipinski definition) is 1. The Balaban J connectivity index is 2.29. The molecule has 0 bridgehead atoms. The second-order valence-electron chi connectivity index (χ2n) is 5.64. The van der Waals surface area contributed by atoms with Crippen molar-refractivity contribution in [3.05, 3.63) is 48.7 Å². The predicted octanol–water partition coefficient (Wildman–Crippen LogP) is 6.13. The van der Waals surface area contributed by atoms with Crippen molar-refractivity contribution >= 4 is 39.9 Å².